The Bertz CT molecular complexity index is 1200. The zero-order valence-corrected chi connectivity index (χ0v) is 21.2. The fourth-order valence-corrected chi connectivity index (χ4v) is 8.69. The monoisotopic (exact) mass is 531 g/mol. The number of carbonyl (C=O) groups is 1. The zero-order valence-electron chi connectivity index (χ0n) is 18.0. The summed E-state index contributed by atoms with van der Waals surface area (Å²) in [5.41, 5.74) is 0.224. The van der Waals surface area contributed by atoms with Gasteiger partial charge in [0.15, 0.2) is 0 Å². The second-order valence-corrected chi connectivity index (χ2v) is 13.5. The van der Waals surface area contributed by atoms with E-state index in [1.165, 1.54) is 26.8 Å². The minimum atomic E-state index is -3.81. The standard InChI is InChI=1S/C21H26ClN3O5S3/c22-18-8-7-17(16-19(18)32(27,28)24-9-3-1-2-4-10-24)21(26)23-11-13-25(14-12-23)33(29,30)20-6-5-15-31-20/h5-8,15-16H,1-4,9-14H2. The van der Waals surface area contributed by atoms with Gasteiger partial charge in [0, 0.05) is 44.8 Å². The number of thiophene rings is 1. The summed E-state index contributed by atoms with van der Waals surface area (Å²) in [5.74, 6) is -0.341. The van der Waals surface area contributed by atoms with Crippen LogP contribution in [0.2, 0.25) is 5.02 Å². The van der Waals surface area contributed by atoms with Crippen molar-refractivity contribution in [2.75, 3.05) is 39.3 Å². The normalized spacial score (nSPS) is 19.4. The molecule has 3 heterocycles. The van der Waals surface area contributed by atoms with Crippen LogP contribution in [0, 0.1) is 0 Å². The summed E-state index contributed by atoms with van der Waals surface area (Å²) in [4.78, 5) is 14.6. The minimum absolute atomic E-state index is 0.0594. The van der Waals surface area contributed by atoms with Crippen LogP contribution >= 0.6 is 22.9 Å². The zero-order chi connectivity index (χ0) is 23.6. The Morgan fingerprint density at radius 2 is 1.45 bits per heavy atom. The van der Waals surface area contributed by atoms with Crippen molar-refractivity contribution in [2.45, 2.75) is 34.8 Å². The molecule has 12 heteroatoms. The third kappa shape index (κ3) is 5.13. The lowest BCUT2D eigenvalue weighted by Crippen LogP contribution is -2.50. The Kier molecular flexibility index (Phi) is 7.47. The van der Waals surface area contributed by atoms with Gasteiger partial charge in [-0.3, -0.25) is 4.79 Å². The van der Waals surface area contributed by atoms with Crippen LogP contribution in [0.15, 0.2) is 44.8 Å². The third-order valence-electron chi connectivity index (χ3n) is 5.98. The highest BCUT2D eigenvalue weighted by atomic mass is 35.5. The molecule has 1 amide bonds. The van der Waals surface area contributed by atoms with Crippen molar-refractivity contribution in [3.8, 4) is 0 Å². The molecule has 8 nitrogen and oxygen atoms in total. The van der Waals surface area contributed by atoms with Crippen molar-refractivity contribution in [3.05, 3.63) is 46.3 Å². The number of hydrogen-bond acceptors (Lipinski definition) is 6. The van der Waals surface area contributed by atoms with Crippen LogP contribution in [0.1, 0.15) is 36.0 Å². The lowest BCUT2D eigenvalue weighted by Gasteiger charge is -2.33. The highest BCUT2D eigenvalue weighted by Gasteiger charge is 2.32. The van der Waals surface area contributed by atoms with Crippen LogP contribution in [-0.2, 0) is 20.0 Å². The van der Waals surface area contributed by atoms with Gasteiger partial charge >= 0.3 is 0 Å². The number of amides is 1. The van der Waals surface area contributed by atoms with E-state index in [2.05, 4.69) is 0 Å². The average molecular weight is 532 g/mol. The topological polar surface area (TPSA) is 95.1 Å². The van der Waals surface area contributed by atoms with Gasteiger partial charge < -0.3 is 4.90 Å². The molecule has 0 N–H and O–H groups in total. The second-order valence-electron chi connectivity index (χ2n) is 8.09. The molecule has 0 spiro atoms. The molecular weight excluding hydrogens is 506 g/mol. The molecular formula is C21H26ClN3O5S3. The maximum absolute atomic E-state index is 13.2. The third-order valence-corrected chi connectivity index (χ3v) is 11.6. The van der Waals surface area contributed by atoms with Gasteiger partial charge in [0.05, 0.1) is 5.02 Å². The number of rotatable bonds is 5. The minimum Gasteiger partial charge on any atom is -0.336 e. The van der Waals surface area contributed by atoms with Gasteiger partial charge in [-0.2, -0.15) is 8.61 Å². The van der Waals surface area contributed by atoms with E-state index in [1.807, 2.05) is 0 Å². The van der Waals surface area contributed by atoms with E-state index >= 15 is 0 Å². The molecule has 1 aromatic carbocycles. The van der Waals surface area contributed by atoms with E-state index in [-0.39, 0.29) is 51.8 Å². The molecule has 2 fully saturated rings. The lowest BCUT2D eigenvalue weighted by molar-refractivity contribution is 0.0697. The fourth-order valence-electron chi connectivity index (χ4n) is 4.11. The van der Waals surface area contributed by atoms with Gasteiger partial charge in [-0.15, -0.1) is 11.3 Å². The molecule has 4 rings (SSSR count). The Labute approximate surface area is 203 Å². The Morgan fingerprint density at radius 1 is 0.818 bits per heavy atom. The second kappa shape index (κ2) is 10.0. The maximum atomic E-state index is 13.2. The van der Waals surface area contributed by atoms with Crippen molar-refractivity contribution < 1.29 is 21.6 Å². The Hall–Kier alpha value is -1.50. The summed E-state index contributed by atoms with van der Waals surface area (Å²) in [5, 5.41) is 1.80. The summed E-state index contributed by atoms with van der Waals surface area (Å²) in [6.07, 6.45) is 3.58. The van der Waals surface area contributed by atoms with Gasteiger partial charge in [0.1, 0.15) is 9.10 Å². The smallest absolute Gasteiger partial charge is 0.253 e. The quantitative estimate of drug-likeness (QED) is 0.591. The number of hydrogen-bond donors (Lipinski definition) is 0. The van der Waals surface area contributed by atoms with Crippen molar-refractivity contribution >= 4 is 48.9 Å². The van der Waals surface area contributed by atoms with E-state index in [1.54, 1.807) is 22.4 Å². The van der Waals surface area contributed by atoms with Crippen molar-refractivity contribution in [3.63, 3.8) is 0 Å². The molecule has 0 bridgehead atoms. The van der Waals surface area contributed by atoms with Crippen molar-refractivity contribution in [1.82, 2.24) is 13.5 Å². The van der Waals surface area contributed by atoms with E-state index in [4.69, 9.17) is 11.6 Å². The average Bonchev–Trinajstić information content (AvgIpc) is 3.22. The number of benzene rings is 1. The fraction of sp³-hybridized carbons (Fsp3) is 0.476. The number of halogens is 1. The van der Waals surface area contributed by atoms with Crippen molar-refractivity contribution in [1.29, 1.82) is 0 Å². The molecule has 0 atom stereocenters. The number of carbonyl (C=O) groups excluding carboxylic acids is 1. The first kappa shape index (κ1) is 24.6. The number of sulfonamides is 2. The largest absolute Gasteiger partial charge is 0.336 e. The first-order chi connectivity index (χ1) is 15.7. The van der Waals surface area contributed by atoms with Gasteiger partial charge in [-0.05, 0) is 42.5 Å². The molecule has 1 aromatic heterocycles. The molecule has 0 radical (unpaired) electrons. The lowest BCUT2D eigenvalue weighted by atomic mass is 10.2. The van der Waals surface area contributed by atoms with Crippen LogP contribution in [0.25, 0.3) is 0 Å². The first-order valence-corrected chi connectivity index (χ1v) is 15.0. The van der Waals surface area contributed by atoms with Gasteiger partial charge in [0.25, 0.3) is 15.9 Å². The predicted octanol–water partition coefficient (Wildman–Crippen LogP) is 3.11. The Balaban J connectivity index is 1.49. The predicted molar refractivity (Wildman–Crippen MR) is 128 cm³/mol. The summed E-state index contributed by atoms with van der Waals surface area (Å²) in [6, 6.07) is 7.56. The van der Waals surface area contributed by atoms with Crippen LogP contribution < -0.4 is 0 Å². The highest BCUT2D eigenvalue weighted by Crippen LogP contribution is 2.29. The first-order valence-electron chi connectivity index (χ1n) is 10.8. The van der Waals surface area contributed by atoms with Crippen LogP contribution in [-0.4, -0.2) is 75.5 Å². The van der Waals surface area contributed by atoms with Gasteiger partial charge in [0.2, 0.25) is 10.0 Å². The molecule has 0 aliphatic carbocycles. The molecule has 180 valence electrons. The molecule has 2 aliphatic rings. The summed E-state index contributed by atoms with van der Waals surface area (Å²) in [6.45, 7) is 1.69. The molecule has 0 unspecified atom stereocenters. The molecule has 2 aromatic rings. The summed E-state index contributed by atoms with van der Waals surface area (Å²) < 4.78 is 55.0. The summed E-state index contributed by atoms with van der Waals surface area (Å²) >= 11 is 7.41. The highest BCUT2D eigenvalue weighted by molar-refractivity contribution is 7.91. The SMILES string of the molecule is O=C(c1ccc(Cl)c(S(=O)(=O)N2CCCCCC2)c1)N1CCN(S(=O)(=O)c2cccs2)CC1. The number of piperazine rings is 1. The van der Waals surface area contributed by atoms with Crippen LogP contribution in [0.3, 0.4) is 0 Å². The molecule has 33 heavy (non-hydrogen) atoms. The van der Waals surface area contributed by atoms with Crippen LogP contribution in [0.5, 0.6) is 0 Å². The van der Waals surface area contributed by atoms with Gasteiger partial charge in [-0.25, -0.2) is 16.8 Å². The van der Waals surface area contributed by atoms with Crippen molar-refractivity contribution in [2.24, 2.45) is 0 Å². The summed E-state index contributed by atoms with van der Waals surface area (Å²) in [7, 11) is -7.38. The molecule has 2 saturated heterocycles. The van der Waals surface area contributed by atoms with Gasteiger partial charge in [-0.1, -0.05) is 30.5 Å². The maximum Gasteiger partial charge on any atom is 0.253 e. The van der Waals surface area contributed by atoms with E-state index < -0.39 is 20.0 Å². The molecule has 0 saturated carbocycles. The molecule has 2 aliphatic heterocycles. The van der Waals surface area contributed by atoms with E-state index in [0.29, 0.717) is 13.1 Å². The van der Waals surface area contributed by atoms with E-state index in [9.17, 15) is 21.6 Å². The number of nitrogens with zero attached hydrogens (tertiary/aromatic N) is 3. The van der Waals surface area contributed by atoms with E-state index in [0.717, 1.165) is 37.0 Å². The Morgan fingerprint density at radius 3 is 2.06 bits per heavy atom. The van der Waals surface area contributed by atoms with Crippen LogP contribution in [0.4, 0.5) is 0 Å².